The van der Waals surface area contributed by atoms with Crippen molar-refractivity contribution in [2.45, 2.75) is 44.6 Å². The first-order chi connectivity index (χ1) is 17.6. The number of aromatic nitrogens is 1. The SMILES string of the molecule is O=C1CC(c2ccccc2)N(C(=O)C2CC2)CCCN(C(=O)CCc2c[nH]c3ccccc23)CCN1. The number of benzene rings is 2. The second-order valence-corrected chi connectivity index (χ2v) is 9.88. The number of hydrogen-bond donors (Lipinski definition) is 2. The Labute approximate surface area is 211 Å². The molecule has 1 aliphatic carbocycles. The standard InChI is InChI=1S/C29H34N4O3/c34-27-19-26(21-7-2-1-3-8-21)33(29(36)22-11-12-22)17-6-16-32(18-15-30-27)28(35)14-13-23-20-31-25-10-5-4-9-24(23)25/h1-5,7-10,20,22,26,31H,6,11-19H2,(H,30,34). The van der Waals surface area contributed by atoms with Crippen LogP contribution in [0.2, 0.25) is 0 Å². The largest absolute Gasteiger partial charge is 0.361 e. The maximum absolute atomic E-state index is 13.3. The third-order valence-corrected chi connectivity index (χ3v) is 7.32. The van der Waals surface area contributed by atoms with Crippen LogP contribution < -0.4 is 5.32 Å². The number of nitrogens with zero attached hydrogens (tertiary/aromatic N) is 2. The zero-order chi connectivity index (χ0) is 24.9. The minimum absolute atomic E-state index is 0.0679. The molecule has 2 heterocycles. The van der Waals surface area contributed by atoms with Crippen molar-refractivity contribution in [1.29, 1.82) is 0 Å². The molecule has 3 aromatic rings. The highest BCUT2D eigenvalue weighted by atomic mass is 16.2. The van der Waals surface area contributed by atoms with Crippen molar-refractivity contribution in [3.05, 3.63) is 71.9 Å². The average Bonchev–Trinajstić information content (AvgIpc) is 3.68. The maximum atomic E-state index is 13.3. The molecule has 0 bridgehead atoms. The van der Waals surface area contributed by atoms with E-state index in [-0.39, 0.29) is 36.1 Å². The molecule has 1 unspecified atom stereocenters. The summed E-state index contributed by atoms with van der Waals surface area (Å²) < 4.78 is 0. The lowest BCUT2D eigenvalue weighted by atomic mass is 10.0. The van der Waals surface area contributed by atoms with Crippen LogP contribution in [0.25, 0.3) is 10.9 Å². The molecular weight excluding hydrogens is 452 g/mol. The van der Waals surface area contributed by atoms with Crippen molar-refractivity contribution in [2.75, 3.05) is 26.2 Å². The van der Waals surface area contributed by atoms with Crippen LogP contribution in [-0.4, -0.2) is 58.7 Å². The molecule has 0 spiro atoms. The van der Waals surface area contributed by atoms with E-state index >= 15 is 0 Å². The molecule has 1 saturated carbocycles. The predicted octanol–water partition coefficient (Wildman–Crippen LogP) is 3.82. The lowest BCUT2D eigenvalue weighted by Gasteiger charge is -2.32. The quantitative estimate of drug-likeness (QED) is 0.575. The van der Waals surface area contributed by atoms with Crippen LogP contribution >= 0.6 is 0 Å². The van der Waals surface area contributed by atoms with Gasteiger partial charge in [0.2, 0.25) is 17.7 Å². The molecule has 7 heteroatoms. The first-order valence-corrected chi connectivity index (χ1v) is 13.0. The third-order valence-electron chi connectivity index (χ3n) is 7.32. The Kier molecular flexibility index (Phi) is 7.35. The highest BCUT2D eigenvalue weighted by Gasteiger charge is 2.37. The summed E-state index contributed by atoms with van der Waals surface area (Å²) >= 11 is 0. The average molecular weight is 487 g/mol. The minimum Gasteiger partial charge on any atom is -0.361 e. The van der Waals surface area contributed by atoms with Gasteiger partial charge in [-0.3, -0.25) is 14.4 Å². The number of H-pyrrole nitrogens is 1. The Bertz CT molecular complexity index is 1220. The Balaban J connectivity index is 1.28. The molecule has 1 saturated heterocycles. The van der Waals surface area contributed by atoms with Crippen LogP contribution in [0.3, 0.4) is 0 Å². The molecule has 2 N–H and O–H groups in total. The van der Waals surface area contributed by atoms with E-state index in [0.29, 0.717) is 45.4 Å². The number of hydrogen-bond acceptors (Lipinski definition) is 3. The second-order valence-electron chi connectivity index (χ2n) is 9.88. The molecule has 2 fully saturated rings. The lowest BCUT2D eigenvalue weighted by molar-refractivity contribution is -0.136. The van der Waals surface area contributed by atoms with Gasteiger partial charge in [-0.25, -0.2) is 0 Å². The van der Waals surface area contributed by atoms with Crippen LogP contribution in [-0.2, 0) is 20.8 Å². The van der Waals surface area contributed by atoms with Gasteiger partial charge < -0.3 is 20.1 Å². The number of amides is 3. The van der Waals surface area contributed by atoms with E-state index in [4.69, 9.17) is 0 Å². The van der Waals surface area contributed by atoms with Crippen LogP contribution in [0.15, 0.2) is 60.8 Å². The van der Waals surface area contributed by atoms with E-state index in [0.717, 1.165) is 34.9 Å². The number of rotatable bonds is 5. The minimum atomic E-state index is -0.288. The highest BCUT2D eigenvalue weighted by molar-refractivity contribution is 5.85. The van der Waals surface area contributed by atoms with Gasteiger partial charge in [0.1, 0.15) is 0 Å². The molecule has 36 heavy (non-hydrogen) atoms. The molecule has 2 aromatic carbocycles. The summed E-state index contributed by atoms with van der Waals surface area (Å²) in [6.07, 6.45) is 5.81. The fraction of sp³-hybridized carbons (Fsp3) is 0.414. The number of aryl methyl sites for hydroxylation is 1. The number of fused-ring (bicyclic) bond motifs is 1. The van der Waals surface area contributed by atoms with Gasteiger partial charge >= 0.3 is 0 Å². The maximum Gasteiger partial charge on any atom is 0.226 e. The van der Waals surface area contributed by atoms with E-state index in [1.807, 2.05) is 64.5 Å². The molecule has 1 aromatic heterocycles. The van der Waals surface area contributed by atoms with Crippen molar-refractivity contribution in [3.8, 4) is 0 Å². The van der Waals surface area contributed by atoms with E-state index in [1.165, 1.54) is 0 Å². The fourth-order valence-electron chi connectivity index (χ4n) is 5.18. The van der Waals surface area contributed by atoms with Gasteiger partial charge in [-0.05, 0) is 42.9 Å². The van der Waals surface area contributed by atoms with E-state index in [1.54, 1.807) is 0 Å². The highest BCUT2D eigenvalue weighted by Crippen LogP contribution is 2.35. The summed E-state index contributed by atoms with van der Waals surface area (Å²) in [6, 6.07) is 17.7. The smallest absolute Gasteiger partial charge is 0.226 e. The molecule has 0 radical (unpaired) electrons. The predicted molar refractivity (Wildman–Crippen MR) is 139 cm³/mol. The first kappa shape index (κ1) is 24.1. The zero-order valence-electron chi connectivity index (χ0n) is 20.6. The van der Waals surface area contributed by atoms with Crippen LogP contribution in [0, 0.1) is 5.92 Å². The van der Waals surface area contributed by atoms with Crippen LogP contribution in [0.5, 0.6) is 0 Å². The van der Waals surface area contributed by atoms with E-state index < -0.39 is 0 Å². The molecule has 188 valence electrons. The van der Waals surface area contributed by atoms with Gasteiger partial charge in [0.05, 0.1) is 12.5 Å². The Morgan fingerprint density at radius 3 is 2.53 bits per heavy atom. The van der Waals surface area contributed by atoms with Crippen molar-refractivity contribution in [1.82, 2.24) is 20.1 Å². The molecule has 2 aliphatic rings. The topological polar surface area (TPSA) is 85.5 Å². The van der Waals surface area contributed by atoms with Crippen molar-refractivity contribution in [3.63, 3.8) is 0 Å². The van der Waals surface area contributed by atoms with E-state index in [2.05, 4.69) is 16.4 Å². The van der Waals surface area contributed by atoms with Gasteiger partial charge in [0, 0.05) is 55.6 Å². The van der Waals surface area contributed by atoms with E-state index in [9.17, 15) is 14.4 Å². The lowest BCUT2D eigenvalue weighted by Crippen LogP contribution is -2.39. The molecule has 7 nitrogen and oxygen atoms in total. The number of carbonyl (C=O) groups is 3. The van der Waals surface area contributed by atoms with Crippen LogP contribution in [0.4, 0.5) is 0 Å². The van der Waals surface area contributed by atoms with Gasteiger partial charge in [-0.1, -0.05) is 48.5 Å². The molecule has 1 atom stereocenters. The number of para-hydroxylation sites is 1. The van der Waals surface area contributed by atoms with Gasteiger partial charge in [0.25, 0.3) is 0 Å². The summed E-state index contributed by atoms with van der Waals surface area (Å²) in [5.74, 6) is 0.186. The molecule has 3 amide bonds. The van der Waals surface area contributed by atoms with Gasteiger partial charge in [-0.15, -0.1) is 0 Å². The Morgan fingerprint density at radius 2 is 1.72 bits per heavy atom. The first-order valence-electron chi connectivity index (χ1n) is 13.0. The van der Waals surface area contributed by atoms with Gasteiger partial charge in [-0.2, -0.15) is 0 Å². The normalized spacial score (nSPS) is 19.6. The monoisotopic (exact) mass is 486 g/mol. The second kappa shape index (κ2) is 11.0. The number of carbonyl (C=O) groups excluding carboxylic acids is 3. The van der Waals surface area contributed by atoms with Crippen LogP contribution in [0.1, 0.15) is 49.3 Å². The molecular formula is C29H34N4O3. The summed E-state index contributed by atoms with van der Waals surface area (Å²) in [4.78, 5) is 46.4. The molecule has 1 aliphatic heterocycles. The summed E-state index contributed by atoms with van der Waals surface area (Å²) in [7, 11) is 0. The van der Waals surface area contributed by atoms with Crippen molar-refractivity contribution in [2.24, 2.45) is 5.92 Å². The fourth-order valence-corrected chi connectivity index (χ4v) is 5.18. The van der Waals surface area contributed by atoms with Gasteiger partial charge in [0.15, 0.2) is 0 Å². The Morgan fingerprint density at radius 1 is 0.944 bits per heavy atom. The molecule has 5 rings (SSSR count). The van der Waals surface area contributed by atoms with Crippen molar-refractivity contribution >= 4 is 28.6 Å². The third kappa shape index (κ3) is 5.61. The summed E-state index contributed by atoms with van der Waals surface area (Å²) in [5.41, 5.74) is 3.19. The Hall–Kier alpha value is -3.61. The summed E-state index contributed by atoms with van der Waals surface area (Å²) in [6.45, 7) is 1.99. The zero-order valence-corrected chi connectivity index (χ0v) is 20.6. The number of aromatic amines is 1. The summed E-state index contributed by atoms with van der Waals surface area (Å²) in [5, 5.41) is 4.14. The number of nitrogens with one attached hydrogen (secondary N) is 2. The van der Waals surface area contributed by atoms with Crippen molar-refractivity contribution < 1.29 is 14.4 Å².